The van der Waals surface area contributed by atoms with E-state index in [2.05, 4.69) is 54.2 Å². The summed E-state index contributed by atoms with van der Waals surface area (Å²) in [5.41, 5.74) is 6.15. The van der Waals surface area contributed by atoms with E-state index in [0.717, 1.165) is 16.6 Å². The molecule has 0 atom stereocenters. The summed E-state index contributed by atoms with van der Waals surface area (Å²) in [5.74, 6) is -0.201. The highest BCUT2D eigenvalue weighted by Gasteiger charge is 2.05. The summed E-state index contributed by atoms with van der Waals surface area (Å²) in [7, 11) is 0. The van der Waals surface area contributed by atoms with Gasteiger partial charge in [-0.15, -0.1) is 0 Å². The molecule has 0 aliphatic carbocycles. The minimum atomic E-state index is -0.201. The van der Waals surface area contributed by atoms with E-state index >= 15 is 0 Å². The smallest absolute Gasteiger partial charge is 0.123 e. The first-order chi connectivity index (χ1) is 9.47. The lowest BCUT2D eigenvalue weighted by atomic mass is 10.00. The number of rotatable bonds is 4. The van der Waals surface area contributed by atoms with Gasteiger partial charge in [0.1, 0.15) is 5.82 Å². The topological polar surface area (TPSA) is 12.0 Å². The number of benzene rings is 2. The van der Waals surface area contributed by atoms with E-state index in [1.54, 1.807) is 12.1 Å². The van der Waals surface area contributed by atoms with Crippen molar-refractivity contribution in [3.05, 3.63) is 68.4 Å². The Morgan fingerprint density at radius 3 is 2.30 bits per heavy atom. The summed E-state index contributed by atoms with van der Waals surface area (Å²) in [5, 5.41) is 3.39. The summed E-state index contributed by atoms with van der Waals surface area (Å²) in [6, 6.07) is 9.16. The highest BCUT2D eigenvalue weighted by Crippen LogP contribution is 2.19. The first-order valence-electron chi connectivity index (χ1n) is 6.68. The second-order valence-corrected chi connectivity index (χ2v) is 6.07. The number of nitrogens with one attached hydrogen (secondary N) is 1. The maximum Gasteiger partial charge on any atom is 0.123 e. The second-order valence-electron chi connectivity index (χ2n) is 5.22. The van der Waals surface area contributed by atoms with Crippen molar-refractivity contribution in [1.29, 1.82) is 0 Å². The molecule has 2 aromatic carbocycles. The molecule has 0 spiro atoms. The molecule has 0 saturated heterocycles. The van der Waals surface area contributed by atoms with E-state index in [-0.39, 0.29) is 5.82 Å². The molecule has 1 N–H and O–H groups in total. The van der Waals surface area contributed by atoms with Crippen molar-refractivity contribution in [2.45, 2.75) is 33.9 Å². The van der Waals surface area contributed by atoms with Gasteiger partial charge < -0.3 is 5.32 Å². The quantitative estimate of drug-likeness (QED) is 0.845. The molecule has 0 fully saturated rings. The Morgan fingerprint density at radius 2 is 1.65 bits per heavy atom. The third kappa shape index (κ3) is 3.68. The van der Waals surface area contributed by atoms with Crippen LogP contribution in [0.15, 0.2) is 34.8 Å². The van der Waals surface area contributed by atoms with E-state index in [9.17, 15) is 4.39 Å². The van der Waals surface area contributed by atoms with Crippen LogP contribution in [0, 0.1) is 26.6 Å². The van der Waals surface area contributed by atoms with E-state index in [0.29, 0.717) is 6.54 Å². The average Bonchev–Trinajstić information content (AvgIpc) is 2.36. The SMILES string of the molecule is Cc1cc(C)c(CNCc2cc(F)ccc2Br)c(C)c1. The lowest BCUT2D eigenvalue weighted by Crippen LogP contribution is -2.15. The van der Waals surface area contributed by atoms with Crippen LogP contribution in [0.2, 0.25) is 0 Å². The van der Waals surface area contributed by atoms with Crippen molar-refractivity contribution < 1.29 is 4.39 Å². The Hall–Kier alpha value is -1.19. The number of aryl methyl sites for hydroxylation is 3. The predicted molar refractivity (Wildman–Crippen MR) is 85.3 cm³/mol. The van der Waals surface area contributed by atoms with E-state index in [4.69, 9.17) is 0 Å². The number of hydrogen-bond acceptors (Lipinski definition) is 1. The van der Waals surface area contributed by atoms with Gasteiger partial charge in [-0.2, -0.15) is 0 Å². The van der Waals surface area contributed by atoms with Crippen LogP contribution < -0.4 is 5.32 Å². The minimum Gasteiger partial charge on any atom is -0.309 e. The first kappa shape index (κ1) is 15.2. The van der Waals surface area contributed by atoms with Crippen LogP contribution in [0.1, 0.15) is 27.8 Å². The monoisotopic (exact) mass is 335 g/mol. The van der Waals surface area contributed by atoms with Gasteiger partial charge in [0.15, 0.2) is 0 Å². The summed E-state index contributed by atoms with van der Waals surface area (Å²) >= 11 is 3.45. The molecule has 0 saturated carbocycles. The van der Waals surface area contributed by atoms with Crippen molar-refractivity contribution in [3.8, 4) is 0 Å². The zero-order valence-electron chi connectivity index (χ0n) is 12.1. The molecule has 0 aliphatic rings. The molecule has 3 heteroatoms. The molecule has 1 nitrogen and oxygen atoms in total. The van der Waals surface area contributed by atoms with E-state index < -0.39 is 0 Å². The standard InChI is InChI=1S/C17H19BrFN/c1-11-6-12(2)16(13(3)7-11)10-20-9-14-8-15(19)4-5-17(14)18/h4-8,20H,9-10H2,1-3H3. The Balaban J connectivity index is 2.05. The van der Waals surface area contributed by atoms with Gasteiger partial charge in [0, 0.05) is 17.6 Å². The lowest BCUT2D eigenvalue weighted by molar-refractivity contribution is 0.619. The molecule has 2 aromatic rings. The Bertz CT molecular complexity index is 599. The normalized spacial score (nSPS) is 10.8. The molecule has 0 heterocycles. The van der Waals surface area contributed by atoms with Crippen molar-refractivity contribution >= 4 is 15.9 Å². The summed E-state index contributed by atoms with van der Waals surface area (Å²) < 4.78 is 14.2. The van der Waals surface area contributed by atoms with E-state index in [1.807, 2.05) is 0 Å². The van der Waals surface area contributed by atoms with Gasteiger partial charge in [0.2, 0.25) is 0 Å². The van der Waals surface area contributed by atoms with Gasteiger partial charge in [-0.3, -0.25) is 0 Å². The highest BCUT2D eigenvalue weighted by atomic mass is 79.9. The fourth-order valence-corrected chi connectivity index (χ4v) is 2.88. The van der Waals surface area contributed by atoms with Crippen LogP contribution in [-0.4, -0.2) is 0 Å². The van der Waals surface area contributed by atoms with Gasteiger partial charge in [-0.25, -0.2) is 4.39 Å². The molecular formula is C17H19BrFN. The van der Waals surface area contributed by atoms with Crippen LogP contribution in [0.25, 0.3) is 0 Å². The Morgan fingerprint density at radius 1 is 1.00 bits per heavy atom. The Kier molecular flexibility index (Phi) is 4.95. The summed E-state index contributed by atoms with van der Waals surface area (Å²) in [6.45, 7) is 7.82. The molecule has 0 aromatic heterocycles. The Labute approximate surface area is 128 Å². The molecule has 0 unspecified atom stereocenters. The zero-order chi connectivity index (χ0) is 14.7. The molecular weight excluding hydrogens is 317 g/mol. The molecule has 0 radical (unpaired) electrons. The largest absolute Gasteiger partial charge is 0.309 e. The summed E-state index contributed by atoms with van der Waals surface area (Å²) in [4.78, 5) is 0. The molecule has 0 amide bonds. The van der Waals surface area contributed by atoms with Gasteiger partial charge in [-0.1, -0.05) is 33.6 Å². The maximum absolute atomic E-state index is 13.2. The molecule has 0 bridgehead atoms. The van der Waals surface area contributed by atoms with Crippen LogP contribution in [0.4, 0.5) is 4.39 Å². The van der Waals surface area contributed by atoms with Crippen LogP contribution in [0.3, 0.4) is 0 Å². The first-order valence-corrected chi connectivity index (χ1v) is 7.48. The zero-order valence-corrected chi connectivity index (χ0v) is 13.6. The maximum atomic E-state index is 13.2. The predicted octanol–water partition coefficient (Wildman–Crippen LogP) is 4.80. The van der Waals surface area contributed by atoms with Crippen molar-refractivity contribution in [2.24, 2.45) is 0 Å². The van der Waals surface area contributed by atoms with Gasteiger partial charge in [-0.05, 0) is 61.2 Å². The van der Waals surface area contributed by atoms with Gasteiger partial charge in [0.25, 0.3) is 0 Å². The van der Waals surface area contributed by atoms with Gasteiger partial charge in [0.05, 0.1) is 0 Å². The van der Waals surface area contributed by atoms with E-state index in [1.165, 1.54) is 28.3 Å². The van der Waals surface area contributed by atoms with Crippen LogP contribution in [-0.2, 0) is 13.1 Å². The lowest BCUT2D eigenvalue weighted by Gasteiger charge is -2.13. The van der Waals surface area contributed by atoms with Crippen LogP contribution >= 0.6 is 15.9 Å². The molecule has 0 aliphatic heterocycles. The van der Waals surface area contributed by atoms with Crippen molar-refractivity contribution in [3.63, 3.8) is 0 Å². The van der Waals surface area contributed by atoms with Gasteiger partial charge >= 0.3 is 0 Å². The third-order valence-corrected chi connectivity index (χ3v) is 4.24. The van der Waals surface area contributed by atoms with Crippen molar-refractivity contribution in [2.75, 3.05) is 0 Å². The van der Waals surface area contributed by atoms with Crippen LogP contribution in [0.5, 0.6) is 0 Å². The third-order valence-electron chi connectivity index (χ3n) is 3.47. The molecule has 20 heavy (non-hydrogen) atoms. The minimum absolute atomic E-state index is 0.201. The molecule has 2 rings (SSSR count). The molecule has 106 valence electrons. The summed E-state index contributed by atoms with van der Waals surface area (Å²) in [6.07, 6.45) is 0. The van der Waals surface area contributed by atoms with Crippen molar-refractivity contribution in [1.82, 2.24) is 5.32 Å². The fourth-order valence-electron chi connectivity index (χ4n) is 2.49. The fraction of sp³-hybridized carbons (Fsp3) is 0.294. The average molecular weight is 336 g/mol. The number of hydrogen-bond donors (Lipinski definition) is 1. The second kappa shape index (κ2) is 6.51. The number of halogens is 2. The highest BCUT2D eigenvalue weighted by molar-refractivity contribution is 9.10.